The third-order valence-corrected chi connectivity index (χ3v) is 4.91. The molecular formula is C18H20FN3O2. The number of rotatable bonds is 4. The quantitative estimate of drug-likeness (QED) is 0.903. The van der Waals surface area contributed by atoms with Gasteiger partial charge in [0.25, 0.3) is 5.91 Å². The molecule has 0 unspecified atom stereocenters. The minimum atomic E-state index is -0.729. The number of nitrogens with zero attached hydrogens (tertiary/aromatic N) is 2. The van der Waals surface area contributed by atoms with E-state index in [2.05, 4.69) is 10.4 Å². The summed E-state index contributed by atoms with van der Waals surface area (Å²) >= 11 is 0. The molecule has 1 amide bonds. The van der Waals surface area contributed by atoms with Crippen molar-refractivity contribution in [3.63, 3.8) is 0 Å². The Kier molecular flexibility index (Phi) is 3.28. The van der Waals surface area contributed by atoms with Crippen molar-refractivity contribution >= 4 is 5.91 Å². The minimum absolute atomic E-state index is 0.166. The van der Waals surface area contributed by atoms with Crippen molar-refractivity contribution in [2.45, 2.75) is 38.1 Å². The van der Waals surface area contributed by atoms with Crippen molar-refractivity contribution in [1.82, 2.24) is 15.1 Å². The van der Waals surface area contributed by atoms with Crippen LogP contribution in [0.3, 0.4) is 0 Å². The molecule has 1 aromatic heterocycles. The number of halogens is 1. The van der Waals surface area contributed by atoms with Crippen molar-refractivity contribution in [3.05, 3.63) is 47.0 Å². The molecule has 2 aliphatic carbocycles. The number of benzene rings is 1. The number of para-hydroxylation sites is 1. The molecule has 0 aliphatic heterocycles. The van der Waals surface area contributed by atoms with Crippen LogP contribution in [0.1, 0.15) is 47.9 Å². The van der Waals surface area contributed by atoms with E-state index in [4.69, 9.17) is 0 Å². The summed E-state index contributed by atoms with van der Waals surface area (Å²) in [6, 6.07) is 6.48. The van der Waals surface area contributed by atoms with Gasteiger partial charge in [0.15, 0.2) is 5.69 Å². The molecule has 2 N–H and O–H groups in total. The van der Waals surface area contributed by atoms with Crippen molar-refractivity contribution in [3.8, 4) is 5.69 Å². The zero-order valence-corrected chi connectivity index (χ0v) is 13.7. The maximum Gasteiger partial charge on any atom is 0.272 e. The van der Waals surface area contributed by atoms with E-state index >= 15 is 0 Å². The van der Waals surface area contributed by atoms with Gasteiger partial charge in [-0.05, 0) is 44.7 Å². The van der Waals surface area contributed by atoms with Gasteiger partial charge < -0.3 is 10.4 Å². The molecule has 24 heavy (non-hydrogen) atoms. The number of nitrogens with one attached hydrogen (secondary N) is 1. The number of hydrogen-bond acceptors (Lipinski definition) is 3. The third kappa shape index (κ3) is 2.33. The van der Waals surface area contributed by atoms with Crippen LogP contribution in [0.25, 0.3) is 5.69 Å². The number of aromatic nitrogens is 2. The molecule has 1 fully saturated rings. The van der Waals surface area contributed by atoms with Crippen LogP contribution >= 0.6 is 0 Å². The summed E-state index contributed by atoms with van der Waals surface area (Å²) < 4.78 is 15.8. The van der Waals surface area contributed by atoms with Gasteiger partial charge in [0.1, 0.15) is 11.5 Å². The average Bonchev–Trinajstić information content (AvgIpc) is 3.04. The fourth-order valence-corrected chi connectivity index (χ4v) is 3.51. The van der Waals surface area contributed by atoms with Crippen LogP contribution in [0.15, 0.2) is 24.3 Å². The SMILES string of the molecule is CC(C)(CO)NC(=O)c1nn(-c2ccccc2F)c2c1C[C@H]1C[C@@H]21. The van der Waals surface area contributed by atoms with E-state index < -0.39 is 5.54 Å². The summed E-state index contributed by atoms with van der Waals surface area (Å²) in [6.07, 6.45) is 1.90. The molecule has 6 heteroatoms. The summed E-state index contributed by atoms with van der Waals surface area (Å²) in [5, 5.41) is 16.6. The molecule has 0 radical (unpaired) electrons. The van der Waals surface area contributed by atoms with E-state index in [1.54, 1.807) is 36.7 Å². The van der Waals surface area contributed by atoms with Crippen LogP contribution in [-0.4, -0.2) is 32.9 Å². The lowest BCUT2D eigenvalue weighted by Gasteiger charge is -2.23. The summed E-state index contributed by atoms with van der Waals surface area (Å²) in [7, 11) is 0. The van der Waals surface area contributed by atoms with Crippen LogP contribution in [-0.2, 0) is 6.42 Å². The van der Waals surface area contributed by atoms with Crippen molar-refractivity contribution < 1.29 is 14.3 Å². The highest BCUT2D eigenvalue weighted by atomic mass is 19.1. The topological polar surface area (TPSA) is 67.2 Å². The predicted octanol–water partition coefficient (Wildman–Crippen LogP) is 2.17. The lowest BCUT2D eigenvalue weighted by Crippen LogP contribution is -2.46. The summed E-state index contributed by atoms with van der Waals surface area (Å²) in [5.74, 6) is 0.254. The Hall–Kier alpha value is -2.21. The van der Waals surface area contributed by atoms with Gasteiger partial charge in [0.05, 0.1) is 17.8 Å². The molecule has 1 saturated carbocycles. The highest BCUT2D eigenvalue weighted by Crippen LogP contribution is 2.57. The van der Waals surface area contributed by atoms with E-state index in [-0.39, 0.29) is 18.3 Å². The van der Waals surface area contributed by atoms with Gasteiger partial charge in [0, 0.05) is 11.5 Å². The zero-order chi connectivity index (χ0) is 17.1. The Morgan fingerprint density at radius 3 is 2.92 bits per heavy atom. The van der Waals surface area contributed by atoms with E-state index in [0.717, 1.165) is 24.1 Å². The Morgan fingerprint density at radius 2 is 2.21 bits per heavy atom. The smallest absolute Gasteiger partial charge is 0.272 e. The summed E-state index contributed by atoms with van der Waals surface area (Å²) in [5.41, 5.74) is 1.89. The molecule has 1 heterocycles. The highest BCUT2D eigenvalue weighted by Gasteiger charge is 2.50. The fraction of sp³-hybridized carbons (Fsp3) is 0.444. The number of aliphatic hydroxyl groups excluding tert-OH is 1. The number of aliphatic hydroxyl groups is 1. The van der Waals surface area contributed by atoms with Crippen molar-refractivity contribution in [2.75, 3.05) is 6.61 Å². The number of fused-ring (bicyclic) bond motifs is 3. The molecule has 2 aromatic rings. The normalized spacial score (nSPS) is 21.3. The summed E-state index contributed by atoms with van der Waals surface area (Å²) in [6.45, 7) is 3.33. The van der Waals surface area contributed by atoms with Gasteiger partial charge in [-0.25, -0.2) is 9.07 Å². The summed E-state index contributed by atoms with van der Waals surface area (Å²) in [4.78, 5) is 12.6. The van der Waals surface area contributed by atoms with Crippen LogP contribution in [0, 0.1) is 11.7 Å². The molecule has 0 saturated heterocycles. The second-order valence-electron chi connectivity index (χ2n) is 7.38. The van der Waals surface area contributed by atoms with Crippen LogP contribution in [0.4, 0.5) is 4.39 Å². The maximum absolute atomic E-state index is 14.2. The van der Waals surface area contributed by atoms with E-state index in [1.165, 1.54) is 6.07 Å². The van der Waals surface area contributed by atoms with Crippen molar-refractivity contribution in [2.24, 2.45) is 5.92 Å². The molecule has 4 rings (SSSR count). The van der Waals surface area contributed by atoms with Gasteiger partial charge >= 0.3 is 0 Å². The van der Waals surface area contributed by atoms with Crippen molar-refractivity contribution in [1.29, 1.82) is 0 Å². The molecule has 2 atom stereocenters. The second kappa shape index (κ2) is 5.14. The Morgan fingerprint density at radius 1 is 1.46 bits per heavy atom. The molecule has 0 bridgehead atoms. The number of carbonyl (C=O) groups is 1. The predicted molar refractivity (Wildman–Crippen MR) is 86.7 cm³/mol. The first-order valence-electron chi connectivity index (χ1n) is 8.21. The lowest BCUT2D eigenvalue weighted by atomic mass is 10.1. The zero-order valence-electron chi connectivity index (χ0n) is 13.7. The maximum atomic E-state index is 14.2. The Bertz CT molecular complexity index is 828. The fourth-order valence-electron chi connectivity index (χ4n) is 3.51. The third-order valence-electron chi connectivity index (χ3n) is 4.91. The number of hydrogen-bond donors (Lipinski definition) is 2. The van der Waals surface area contributed by atoms with Crippen LogP contribution in [0.2, 0.25) is 0 Å². The molecule has 2 aliphatic rings. The van der Waals surface area contributed by atoms with Gasteiger partial charge in [-0.15, -0.1) is 0 Å². The first-order valence-corrected chi connectivity index (χ1v) is 8.21. The van der Waals surface area contributed by atoms with Gasteiger partial charge in [-0.3, -0.25) is 4.79 Å². The second-order valence-corrected chi connectivity index (χ2v) is 7.38. The van der Waals surface area contributed by atoms with Gasteiger partial charge in [-0.2, -0.15) is 5.10 Å². The van der Waals surface area contributed by atoms with Gasteiger partial charge in [-0.1, -0.05) is 12.1 Å². The monoisotopic (exact) mass is 329 g/mol. The van der Waals surface area contributed by atoms with Crippen LogP contribution < -0.4 is 5.32 Å². The van der Waals surface area contributed by atoms with E-state index in [1.807, 2.05) is 0 Å². The first-order chi connectivity index (χ1) is 11.4. The number of carbonyl (C=O) groups excluding carboxylic acids is 1. The van der Waals surface area contributed by atoms with E-state index in [0.29, 0.717) is 23.2 Å². The molecular weight excluding hydrogens is 309 g/mol. The molecule has 126 valence electrons. The molecule has 5 nitrogen and oxygen atoms in total. The average molecular weight is 329 g/mol. The Balaban J connectivity index is 1.78. The lowest BCUT2D eigenvalue weighted by molar-refractivity contribution is 0.0863. The van der Waals surface area contributed by atoms with E-state index in [9.17, 15) is 14.3 Å². The molecule has 0 spiro atoms. The molecule has 1 aromatic carbocycles. The standard InChI is InChI=1S/C18H20FN3O2/c1-18(2,9-23)20-17(24)15-12-8-10-7-11(10)16(12)22(21-15)14-6-4-3-5-13(14)19/h3-6,10-11,23H,7-9H2,1-2H3,(H,20,24)/t10-,11-/m1/s1. The number of amides is 1. The minimum Gasteiger partial charge on any atom is -0.394 e. The largest absolute Gasteiger partial charge is 0.394 e. The Labute approximate surface area is 139 Å². The highest BCUT2D eigenvalue weighted by molar-refractivity contribution is 5.95. The first kappa shape index (κ1) is 15.3. The van der Waals surface area contributed by atoms with Crippen LogP contribution in [0.5, 0.6) is 0 Å². The van der Waals surface area contributed by atoms with Gasteiger partial charge in [0.2, 0.25) is 0 Å².